The minimum absolute atomic E-state index is 0.131. The summed E-state index contributed by atoms with van der Waals surface area (Å²) in [6.45, 7) is 9.36. The van der Waals surface area contributed by atoms with E-state index in [0.29, 0.717) is 17.3 Å². The number of fused-ring (bicyclic) bond motifs is 2. The second kappa shape index (κ2) is 5.11. The summed E-state index contributed by atoms with van der Waals surface area (Å²) in [5.74, 6) is 1.20. The van der Waals surface area contributed by atoms with Crippen LogP contribution < -0.4 is 0 Å². The fourth-order valence-corrected chi connectivity index (χ4v) is 5.42. The third-order valence-electron chi connectivity index (χ3n) is 6.64. The highest BCUT2D eigenvalue weighted by atomic mass is 16.1. The lowest BCUT2D eigenvalue weighted by atomic mass is 9.49. The van der Waals surface area contributed by atoms with Gasteiger partial charge in [-0.1, -0.05) is 56.9 Å². The van der Waals surface area contributed by atoms with Crippen LogP contribution in [0.3, 0.4) is 0 Å². The van der Waals surface area contributed by atoms with Crippen LogP contribution in [-0.4, -0.2) is 6.29 Å². The number of hydrogen-bond acceptors (Lipinski definition) is 1. The largest absolute Gasteiger partial charge is 0.302 e. The van der Waals surface area contributed by atoms with Crippen molar-refractivity contribution in [3.63, 3.8) is 0 Å². The monoisotopic (exact) mass is 286 g/mol. The second-order valence-corrected chi connectivity index (χ2v) is 8.49. The van der Waals surface area contributed by atoms with Crippen molar-refractivity contribution in [2.45, 2.75) is 72.6 Å². The van der Waals surface area contributed by atoms with E-state index in [-0.39, 0.29) is 5.41 Å². The first-order valence-electron chi connectivity index (χ1n) is 8.77. The number of aldehydes is 1. The molecule has 0 saturated heterocycles. The molecule has 1 fully saturated rings. The highest BCUT2D eigenvalue weighted by Crippen LogP contribution is 2.60. The van der Waals surface area contributed by atoms with Crippen molar-refractivity contribution in [3.8, 4) is 0 Å². The van der Waals surface area contributed by atoms with Crippen molar-refractivity contribution in [2.24, 2.45) is 22.7 Å². The molecule has 1 saturated carbocycles. The van der Waals surface area contributed by atoms with Gasteiger partial charge in [-0.3, -0.25) is 0 Å². The number of carbonyl (C=O) groups excluding carboxylic acids is 1. The molecular weight excluding hydrogens is 256 g/mol. The Morgan fingerprint density at radius 3 is 2.71 bits per heavy atom. The first-order valence-corrected chi connectivity index (χ1v) is 8.77. The van der Waals surface area contributed by atoms with E-state index in [1.165, 1.54) is 37.5 Å². The van der Waals surface area contributed by atoms with Crippen LogP contribution in [0.1, 0.15) is 72.6 Å². The zero-order valence-electron chi connectivity index (χ0n) is 14.2. The molecule has 0 bridgehead atoms. The average Bonchev–Trinajstić information content (AvgIpc) is 2.45. The van der Waals surface area contributed by atoms with Gasteiger partial charge in [0.05, 0.1) is 5.41 Å². The van der Waals surface area contributed by atoms with Crippen LogP contribution in [0.4, 0.5) is 0 Å². The van der Waals surface area contributed by atoms with Crippen LogP contribution in [0, 0.1) is 22.7 Å². The van der Waals surface area contributed by atoms with E-state index in [0.717, 1.165) is 19.3 Å². The standard InChI is InChI=1S/C20H30O/c1-14(2)15-6-8-17-16(12-15)7-9-18-19(3,4)10-5-11-20(17,18)13-21/h6,13-14,18H,5,7-12H2,1-4H3/t18-,20-/m0/s1. The SMILES string of the molecule is CC(C)C1=CCC2=C(CC[C@H]3C(C)(C)CCC[C@]23C=O)C1. The summed E-state index contributed by atoms with van der Waals surface area (Å²) in [6.07, 6.45) is 12.0. The fraction of sp³-hybridized carbons (Fsp3) is 0.750. The molecule has 21 heavy (non-hydrogen) atoms. The summed E-state index contributed by atoms with van der Waals surface area (Å²) < 4.78 is 0. The molecule has 3 aliphatic carbocycles. The molecule has 0 aromatic rings. The van der Waals surface area contributed by atoms with Crippen LogP contribution in [0.25, 0.3) is 0 Å². The van der Waals surface area contributed by atoms with Crippen LogP contribution >= 0.6 is 0 Å². The summed E-state index contributed by atoms with van der Waals surface area (Å²) in [4.78, 5) is 12.2. The topological polar surface area (TPSA) is 17.1 Å². The summed E-state index contributed by atoms with van der Waals surface area (Å²) >= 11 is 0. The van der Waals surface area contributed by atoms with Gasteiger partial charge < -0.3 is 4.79 Å². The number of hydrogen-bond donors (Lipinski definition) is 0. The number of allylic oxidation sites excluding steroid dienone is 4. The number of rotatable bonds is 2. The van der Waals surface area contributed by atoms with Gasteiger partial charge in [-0.2, -0.15) is 0 Å². The quantitative estimate of drug-likeness (QED) is 0.486. The zero-order valence-corrected chi connectivity index (χ0v) is 14.2. The summed E-state index contributed by atoms with van der Waals surface area (Å²) in [7, 11) is 0. The molecule has 0 N–H and O–H groups in total. The molecule has 0 aromatic heterocycles. The first-order chi connectivity index (χ1) is 9.90. The third kappa shape index (κ3) is 2.24. The fourth-order valence-electron chi connectivity index (χ4n) is 5.42. The van der Waals surface area contributed by atoms with Gasteiger partial charge in [0.1, 0.15) is 6.29 Å². The Morgan fingerprint density at radius 1 is 1.29 bits per heavy atom. The Labute approximate surface area is 129 Å². The van der Waals surface area contributed by atoms with E-state index in [4.69, 9.17) is 0 Å². The van der Waals surface area contributed by atoms with Gasteiger partial charge in [0.15, 0.2) is 0 Å². The predicted octanol–water partition coefficient (Wildman–Crippen LogP) is 5.46. The minimum Gasteiger partial charge on any atom is -0.302 e. The molecule has 0 amide bonds. The molecule has 0 aromatic carbocycles. The van der Waals surface area contributed by atoms with Gasteiger partial charge in [-0.25, -0.2) is 0 Å². The van der Waals surface area contributed by atoms with Crippen molar-refractivity contribution in [3.05, 3.63) is 22.8 Å². The maximum Gasteiger partial charge on any atom is 0.130 e. The molecule has 1 nitrogen and oxygen atoms in total. The van der Waals surface area contributed by atoms with Gasteiger partial charge in [0.25, 0.3) is 0 Å². The van der Waals surface area contributed by atoms with E-state index in [9.17, 15) is 4.79 Å². The maximum atomic E-state index is 12.2. The van der Waals surface area contributed by atoms with Gasteiger partial charge in [-0.05, 0) is 55.8 Å². The van der Waals surface area contributed by atoms with Crippen molar-refractivity contribution >= 4 is 6.29 Å². The minimum atomic E-state index is -0.131. The van der Waals surface area contributed by atoms with Crippen molar-refractivity contribution in [1.29, 1.82) is 0 Å². The van der Waals surface area contributed by atoms with Crippen LogP contribution in [0.5, 0.6) is 0 Å². The number of carbonyl (C=O) groups is 1. The van der Waals surface area contributed by atoms with Crippen LogP contribution in [0.15, 0.2) is 22.8 Å². The van der Waals surface area contributed by atoms with E-state index in [1.807, 2.05) is 0 Å². The molecule has 0 unspecified atom stereocenters. The molecule has 2 atom stereocenters. The van der Waals surface area contributed by atoms with Crippen molar-refractivity contribution in [2.75, 3.05) is 0 Å². The van der Waals surface area contributed by atoms with E-state index < -0.39 is 0 Å². The Morgan fingerprint density at radius 2 is 2.05 bits per heavy atom. The molecule has 3 rings (SSSR count). The first kappa shape index (κ1) is 15.1. The van der Waals surface area contributed by atoms with Crippen LogP contribution in [0.2, 0.25) is 0 Å². The summed E-state index contributed by atoms with van der Waals surface area (Å²) in [5.41, 5.74) is 4.91. The van der Waals surface area contributed by atoms with Gasteiger partial charge in [0.2, 0.25) is 0 Å². The molecule has 0 spiro atoms. The third-order valence-corrected chi connectivity index (χ3v) is 6.64. The Bertz CT molecular complexity index is 506. The van der Waals surface area contributed by atoms with Gasteiger partial charge in [0, 0.05) is 0 Å². The molecule has 0 heterocycles. The molecule has 116 valence electrons. The maximum absolute atomic E-state index is 12.2. The predicted molar refractivity (Wildman–Crippen MR) is 88.0 cm³/mol. The molecular formula is C20H30O. The Balaban J connectivity index is 2.00. The molecule has 0 radical (unpaired) electrons. The summed E-state index contributed by atoms with van der Waals surface area (Å²) in [6, 6.07) is 0. The average molecular weight is 286 g/mol. The highest BCUT2D eigenvalue weighted by molar-refractivity contribution is 5.68. The van der Waals surface area contributed by atoms with E-state index in [2.05, 4.69) is 33.8 Å². The molecule has 3 aliphatic rings. The normalized spacial score (nSPS) is 35.1. The smallest absolute Gasteiger partial charge is 0.130 e. The Kier molecular flexibility index (Phi) is 3.66. The van der Waals surface area contributed by atoms with Crippen molar-refractivity contribution < 1.29 is 4.79 Å². The summed E-state index contributed by atoms with van der Waals surface area (Å²) in [5, 5.41) is 0. The lowest BCUT2D eigenvalue weighted by Gasteiger charge is -2.54. The highest BCUT2D eigenvalue weighted by Gasteiger charge is 2.53. The molecule has 1 heteroatoms. The van der Waals surface area contributed by atoms with Gasteiger partial charge >= 0.3 is 0 Å². The lowest BCUT2D eigenvalue weighted by Crippen LogP contribution is -2.48. The lowest BCUT2D eigenvalue weighted by molar-refractivity contribution is -0.124. The Hall–Kier alpha value is -0.850. The van der Waals surface area contributed by atoms with E-state index >= 15 is 0 Å². The van der Waals surface area contributed by atoms with Crippen LogP contribution in [-0.2, 0) is 4.79 Å². The van der Waals surface area contributed by atoms with Crippen molar-refractivity contribution in [1.82, 2.24) is 0 Å². The molecule has 0 aliphatic heterocycles. The zero-order chi connectivity index (χ0) is 15.3. The van der Waals surface area contributed by atoms with Gasteiger partial charge in [-0.15, -0.1) is 0 Å². The van der Waals surface area contributed by atoms with E-state index in [1.54, 1.807) is 11.1 Å². The second-order valence-electron chi connectivity index (χ2n) is 8.49.